The van der Waals surface area contributed by atoms with Crippen molar-refractivity contribution in [2.75, 3.05) is 5.73 Å². The molecule has 1 heterocycles. The Hall–Kier alpha value is -2.20. The first-order valence-electron chi connectivity index (χ1n) is 5.42. The van der Waals surface area contributed by atoms with Gasteiger partial charge in [-0.2, -0.15) is 0 Å². The number of hydrogen-bond acceptors (Lipinski definition) is 2. The van der Waals surface area contributed by atoms with Gasteiger partial charge in [-0.25, -0.2) is 0 Å². The van der Waals surface area contributed by atoms with Crippen LogP contribution >= 0.6 is 11.6 Å². The molecule has 0 aliphatic carbocycles. The van der Waals surface area contributed by atoms with E-state index in [-0.39, 0.29) is 5.56 Å². The number of nitrogens with one attached hydrogen (secondary N) is 1. The van der Waals surface area contributed by atoms with Gasteiger partial charge >= 0.3 is 0 Å². The fourth-order valence-corrected chi connectivity index (χ4v) is 2.25. The molecule has 0 saturated heterocycles. The Balaban J connectivity index is 2.42. The number of aromatic amines is 1. The topological polar surface area (TPSA) is 63.8 Å². The number of aromatic nitrogens is 2. The first kappa shape index (κ1) is 10.9. The normalized spacial score (nSPS) is 10.9. The molecule has 18 heavy (non-hydrogen) atoms. The largest absolute Gasteiger partial charge is 0.398 e. The molecule has 3 N–H and O–H groups in total. The average molecular weight is 260 g/mol. The van der Waals surface area contributed by atoms with Crippen LogP contribution in [-0.2, 0) is 0 Å². The van der Waals surface area contributed by atoms with Crippen LogP contribution in [0.3, 0.4) is 0 Å². The molecule has 0 bridgehead atoms. The third-order valence-corrected chi connectivity index (χ3v) is 3.17. The van der Waals surface area contributed by atoms with Gasteiger partial charge in [-0.1, -0.05) is 29.8 Å². The van der Waals surface area contributed by atoms with E-state index in [1.165, 1.54) is 0 Å². The van der Waals surface area contributed by atoms with Crippen molar-refractivity contribution in [3.8, 4) is 5.69 Å². The first-order valence-corrected chi connectivity index (χ1v) is 5.80. The fourth-order valence-electron chi connectivity index (χ4n) is 2.03. The van der Waals surface area contributed by atoms with Crippen LogP contribution in [0.2, 0.25) is 5.02 Å². The summed E-state index contributed by atoms with van der Waals surface area (Å²) in [6.07, 6.45) is 0. The molecule has 4 nitrogen and oxygen atoms in total. The summed E-state index contributed by atoms with van der Waals surface area (Å²) in [6.45, 7) is 0. The van der Waals surface area contributed by atoms with Crippen LogP contribution in [0.15, 0.2) is 47.3 Å². The summed E-state index contributed by atoms with van der Waals surface area (Å²) in [5, 5.41) is 3.79. The predicted molar refractivity (Wildman–Crippen MR) is 73.3 cm³/mol. The second-order valence-corrected chi connectivity index (χ2v) is 4.38. The Bertz CT molecular complexity index is 788. The number of nitrogens with two attached hydrogens (primary N) is 1. The highest BCUT2D eigenvalue weighted by atomic mass is 35.5. The predicted octanol–water partition coefficient (Wildman–Crippen LogP) is 2.55. The van der Waals surface area contributed by atoms with Crippen LogP contribution in [0.1, 0.15) is 0 Å². The molecule has 0 aliphatic rings. The first-order chi connectivity index (χ1) is 8.68. The van der Waals surface area contributed by atoms with Gasteiger partial charge in [0.1, 0.15) is 0 Å². The van der Waals surface area contributed by atoms with Crippen LogP contribution in [-0.4, -0.2) is 9.78 Å². The lowest BCUT2D eigenvalue weighted by Crippen LogP contribution is -2.04. The van der Waals surface area contributed by atoms with Gasteiger partial charge in [0.2, 0.25) is 0 Å². The van der Waals surface area contributed by atoms with Gasteiger partial charge in [-0.05, 0) is 24.3 Å². The number of rotatable bonds is 1. The molecule has 90 valence electrons. The van der Waals surface area contributed by atoms with E-state index >= 15 is 0 Å². The van der Waals surface area contributed by atoms with Gasteiger partial charge in [0.05, 0.1) is 21.6 Å². The molecular weight excluding hydrogens is 250 g/mol. The number of nitrogens with zero attached hydrogens (tertiary/aromatic N) is 1. The Morgan fingerprint density at radius 1 is 1.11 bits per heavy atom. The molecule has 0 unspecified atom stereocenters. The quantitative estimate of drug-likeness (QED) is 0.660. The summed E-state index contributed by atoms with van der Waals surface area (Å²) < 4.78 is 1.65. The molecule has 1 aromatic heterocycles. The fraction of sp³-hybridized carbons (Fsp3) is 0. The van der Waals surface area contributed by atoms with E-state index in [0.717, 1.165) is 5.69 Å². The molecule has 3 rings (SSSR count). The third-order valence-electron chi connectivity index (χ3n) is 2.85. The number of para-hydroxylation sites is 1. The average Bonchev–Trinajstić information content (AvgIpc) is 2.69. The number of nitrogen functional groups attached to an aromatic ring is 1. The number of fused-ring (bicyclic) bond motifs is 1. The molecule has 0 radical (unpaired) electrons. The Morgan fingerprint density at radius 3 is 2.67 bits per heavy atom. The van der Waals surface area contributed by atoms with Crippen LogP contribution < -0.4 is 11.3 Å². The van der Waals surface area contributed by atoms with Gasteiger partial charge in [-0.3, -0.25) is 14.6 Å². The van der Waals surface area contributed by atoms with Crippen LogP contribution in [0.25, 0.3) is 16.6 Å². The van der Waals surface area contributed by atoms with Crippen molar-refractivity contribution in [2.24, 2.45) is 0 Å². The number of hydrogen-bond donors (Lipinski definition) is 2. The smallest absolute Gasteiger partial charge is 0.274 e. The lowest BCUT2D eigenvalue weighted by molar-refractivity contribution is 0.891. The standard InChI is InChI=1S/C13H10ClN3O/c14-8-4-1-2-6-10(8)17-11-7-3-5-9(15)12(11)13(18)16-17/h1-7H,15H2,(H,16,18). The molecule has 3 aromatic rings. The Kier molecular flexibility index (Phi) is 2.38. The molecule has 0 atom stereocenters. The minimum Gasteiger partial charge on any atom is -0.398 e. The van der Waals surface area contributed by atoms with E-state index in [0.29, 0.717) is 21.6 Å². The number of benzene rings is 2. The monoisotopic (exact) mass is 259 g/mol. The molecular formula is C13H10ClN3O. The summed E-state index contributed by atoms with van der Waals surface area (Å²) >= 11 is 6.13. The van der Waals surface area contributed by atoms with Crippen molar-refractivity contribution in [2.45, 2.75) is 0 Å². The lowest BCUT2D eigenvalue weighted by Gasteiger charge is -2.06. The van der Waals surface area contributed by atoms with Crippen LogP contribution in [0.4, 0.5) is 5.69 Å². The Labute approximate surface area is 108 Å². The summed E-state index contributed by atoms with van der Waals surface area (Å²) in [6, 6.07) is 12.6. The van der Waals surface area contributed by atoms with Crippen molar-refractivity contribution in [1.29, 1.82) is 0 Å². The van der Waals surface area contributed by atoms with Crippen molar-refractivity contribution in [3.63, 3.8) is 0 Å². The maximum atomic E-state index is 11.9. The highest BCUT2D eigenvalue weighted by Crippen LogP contribution is 2.24. The molecule has 5 heteroatoms. The number of halogens is 1. The Morgan fingerprint density at radius 2 is 1.89 bits per heavy atom. The minimum atomic E-state index is -0.219. The zero-order valence-electron chi connectivity index (χ0n) is 9.35. The van der Waals surface area contributed by atoms with E-state index in [1.807, 2.05) is 24.3 Å². The number of anilines is 1. The number of H-pyrrole nitrogens is 1. The minimum absolute atomic E-state index is 0.219. The van der Waals surface area contributed by atoms with E-state index in [9.17, 15) is 4.79 Å². The van der Waals surface area contributed by atoms with Gasteiger partial charge in [0.15, 0.2) is 0 Å². The van der Waals surface area contributed by atoms with Crippen molar-refractivity contribution < 1.29 is 0 Å². The SMILES string of the molecule is Nc1cccc2c1c(=O)[nH]n2-c1ccccc1Cl. The molecule has 0 saturated carbocycles. The summed E-state index contributed by atoms with van der Waals surface area (Å²) in [7, 11) is 0. The van der Waals surface area contributed by atoms with E-state index in [2.05, 4.69) is 5.10 Å². The zero-order chi connectivity index (χ0) is 12.7. The van der Waals surface area contributed by atoms with Crippen molar-refractivity contribution in [1.82, 2.24) is 9.78 Å². The second kappa shape index (κ2) is 3.92. The maximum absolute atomic E-state index is 11.9. The molecule has 0 aliphatic heterocycles. The molecule has 0 spiro atoms. The van der Waals surface area contributed by atoms with E-state index in [4.69, 9.17) is 17.3 Å². The van der Waals surface area contributed by atoms with Crippen molar-refractivity contribution >= 4 is 28.2 Å². The van der Waals surface area contributed by atoms with Crippen LogP contribution in [0.5, 0.6) is 0 Å². The van der Waals surface area contributed by atoms with Gasteiger partial charge in [0, 0.05) is 5.69 Å². The van der Waals surface area contributed by atoms with Gasteiger partial charge in [0.25, 0.3) is 5.56 Å². The molecule has 0 amide bonds. The van der Waals surface area contributed by atoms with E-state index < -0.39 is 0 Å². The zero-order valence-corrected chi connectivity index (χ0v) is 10.1. The summed E-state index contributed by atoms with van der Waals surface area (Å²) in [5.74, 6) is 0. The van der Waals surface area contributed by atoms with Gasteiger partial charge < -0.3 is 5.73 Å². The summed E-state index contributed by atoms with van der Waals surface area (Å²) in [4.78, 5) is 11.9. The molecule has 2 aromatic carbocycles. The highest BCUT2D eigenvalue weighted by molar-refractivity contribution is 6.32. The second-order valence-electron chi connectivity index (χ2n) is 3.97. The third kappa shape index (κ3) is 1.50. The van der Waals surface area contributed by atoms with Gasteiger partial charge in [-0.15, -0.1) is 0 Å². The van der Waals surface area contributed by atoms with E-state index in [1.54, 1.807) is 22.9 Å². The highest BCUT2D eigenvalue weighted by Gasteiger charge is 2.11. The van der Waals surface area contributed by atoms with Crippen LogP contribution in [0, 0.1) is 0 Å². The van der Waals surface area contributed by atoms with Crippen molar-refractivity contribution in [3.05, 3.63) is 57.8 Å². The molecule has 0 fully saturated rings. The summed E-state index contributed by atoms with van der Waals surface area (Å²) in [5.41, 5.74) is 7.49. The lowest BCUT2D eigenvalue weighted by atomic mass is 10.2. The maximum Gasteiger partial charge on any atom is 0.274 e.